The summed E-state index contributed by atoms with van der Waals surface area (Å²) >= 11 is 0. The Kier molecular flexibility index (Phi) is 9.19. The monoisotopic (exact) mass is 464 g/mol. The van der Waals surface area contributed by atoms with Crippen LogP contribution in [0.15, 0.2) is 42.5 Å². The van der Waals surface area contributed by atoms with E-state index in [0.717, 1.165) is 34.7 Å². The van der Waals surface area contributed by atoms with Gasteiger partial charge in [-0.05, 0) is 56.5 Å². The first-order valence-corrected chi connectivity index (χ1v) is 12.2. The van der Waals surface area contributed by atoms with Gasteiger partial charge in [0.15, 0.2) is 11.5 Å². The molecule has 0 fully saturated rings. The van der Waals surface area contributed by atoms with E-state index in [2.05, 4.69) is 5.32 Å². The van der Waals surface area contributed by atoms with Crippen LogP contribution in [0.4, 0.5) is 5.69 Å². The zero-order valence-electron chi connectivity index (χ0n) is 19.3. The molecule has 1 amide bonds. The van der Waals surface area contributed by atoms with E-state index in [1.807, 2.05) is 38.1 Å². The molecule has 9 heteroatoms. The van der Waals surface area contributed by atoms with E-state index in [0.29, 0.717) is 23.7 Å². The predicted octanol–water partition coefficient (Wildman–Crippen LogP) is 3.01. The zero-order chi connectivity index (χ0) is 23.7. The van der Waals surface area contributed by atoms with Gasteiger partial charge in [-0.1, -0.05) is 12.1 Å². The maximum absolute atomic E-state index is 12.4. The highest BCUT2D eigenvalue weighted by atomic mass is 32.2. The molecule has 0 atom stereocenters. The fraction of sp³-hybridized carbons (Fsp3) is 0.435. The quantitative estimate of drug-likeness (QED) is 0.486. The summed E-state index contributed by atoms with van der Waals surface area (Å²) < 4.78 is 41.7. The number of anilines is 1. The van der Waals surface area contributed by atoms with E-state index in [4.69, 9.17) is 14.2 Å². The Morgan fingerprint density at radius 1 is 1.03 bits per heavy atom. The fourth-order valence-electron chi connectivity index (χ4n) is 3.09. The largest absolute Gasteiger partial charge is 0.493 e. The van der Waals surface area contributed by atoms with Crippen molar-refractivity contribution in [3.63, 3.8) is 0 Å². The average molecular weight is 465 g/mol. The Labute approximate surface area is 190 Å². The molecule has 0 unspecified atom stereocenters. The van der Waals surface area contributed by atoms with Gasteiger partial charge in [0.1, 0.15) is 12.3 Å². The fourth-order valence-corrected chi connectivity index (χ4v) is 3.94. The van der Waals surface area contributed by atoms with Crippen molar-refractivity contribution in [1.82, 2.24) is 5.32 Å². The SMILES string of the molecule is COc1ccc(N(CC(=O)NCCCc2ccc(OC(C)C)cc2)S(C)(=O)=O)cc1OC. The number of hydrogen-bond acceptors (Lipinski definition) is 6. The summed E-state index contributed by atoms with van der Waals surface area (Å²) in [5.74, 6) is 1.29. The van der Waals surface area contributed by atoms with E-state index >= 15 is 0 Å². The third-order valence-electron chi connectivity index (χ3n) is 4.60. The van der Waals surface area contributed by atoms with Crippen LogP contribution >= 0.6 is 0 Å². The third-order valence-corrected chi connectivity index (χ3v) is 5.74. The van der Waals surface area contributed by atoms with Gasteiger partial charge in [-0.3, -0.25) is 9.10 Å². The van der Waals surface area contributed by atoms with Crippen LogP contribution in [-0.4, -0.2) is 54.0 Å². The number of benzene rings is 2. The normalized spacial score (nSPS) is 11.2. The number of sulfonamides is 1. The number of nitrogens with one attached hydrogen (secondary N) is 1. The molecule has 2 aromatic rings. The lowest BCUT2D eigenvalue weighted by Crippen LogP contribution is -2.40. The van der Waals surface area contributed by atoms with Crippen LogP contribution in [0.3, 0.4) is 0 Å². The van der Waals surface area contributed by atoms with Gasteiger partial charge in [-0.25, -0.2) is 8.42 Å². The third kappa shape index (κ3) is 7.64. The summed E-state index contributed by atoms with van der Waals surface area (Å²) in [4.78, 5) is 12.4. The number of aryl methyl sites for hydroxylation is 1. The minimum absolute atomic E-state index is 0.126. The first-order chi connectivity index (χ1) is 15.1. The Morgan fingerprint density at radius 2 is 1.69 bits per heavy atom. The molecule has 2 aromatic carbocycles. The van der Waals surface area contributed by atoms with Gasteiger partial charge in [0.05, 0.1) is 32.3 Å². The molecule has 32 heavy (non-hydrogen) atoms. The number of carbonyl (C=O) groups excluding carboxylic acids is 1. The molecule has 176 valence electrons. The van der Waals surface area contributed by atoms with Gasteiger partial charge in [-0.15, -0.1) is 0 Å². The van der Waals surface area contributed by atoms with Crippen molar-refractivity contribution in [2.45, 2.75) is 32.8 Å². The minimum Gasteiger partial charge on any atom is -0.493 e. The number of hydrogen-bond donors (Lipinski definition) is 1. The number of ether oxygens (including phenoxy) is 3. The van der Waals surface area contributed by atoms with Crippen LogP contribution in [0.1, 0.15) is 25.8 Å². The molecule has 0 radical (unpaired) electrons. The van der Waals surface area contributed by atoms with Crippen molar-refractivity contribution < 1.29 is 27.4 Å². The molecular formula is C23H32N2O6S. The first-order valence-electron chi connectivity index (χ1n) is 10.4. The molecule has 0 spiro atoms. The maximum atomic E-state index is 12.4. The molecule has 0 aromatic heterocycles. The van der Waals surface area contributed by atoms with E-state index in [9.17, 15) is 13.2 Å². The Morgan fingerprint density at radius 3 is 2.25 bits per heavy atom. The topological polar surface area (TPSA) is 94.2 Å². The van der Waals surface area contributed by atoms with Crippen LogP contribution in [0.5, 0.6) is 17.2 Å². The lowest BCUT2D eigenvalue weighted by atomic mass is 10.1. The molecule has 0 aliphatic rings. The van der Waals surface area contributed by atoms with Crippen molar-refractivity contribution in [3.8, 4) is 17.2 Å². The molecule has 0 bridgehead atoms. The van der Waals surface area contributed by atoms with Gasteiger partial charge >= 0.3 is 0 Å². The Bertz CT molecular complexity index is 990. The van der Waals surface area contributed by atoms with Gasteiger partial charge < -0.3 is 19.5 Å². The van der Waals surface area contributed by atoms with Crippen molar-refractivity contribution in [3.05, 3.63) is 48.0 Å². The number of amides is 1. The summed E-state index contributed by atoms with van der Waals surface area (Å²) in [6, 6.07) is 12.6. The summed E-state index contributed by atoms with van der Waals surface area (Å²) in [5, 5.41) is 2.79. The summed E-state index contributed by atoms with van der Waals surface area (Å²) in [6.07, 6.45) is 2.70. The maximum Gasteiger partial charge on any atom is 0.240 e. The number of methoxy groups -OCH3 is 2. The molecule has 8 nitrogen and oxygen atoms in total. The minimum atomic E-state index is -3.68. The molecule has 0 heterocycles. The summed E-state index contributed by atoms with van der Waals surface area (Å²) in [7, 11) is -0.724. The smallest absolute Gasteiger partial charge is 0.240 e. The molecule has 0 saturated heterocycles. The number of carbonyl (C=O) groups is 1. The van der Waals surface area contributed by atoms with Gasteiger partial charge in [0, 0.05) is 12.6 Å². The van der Waals surface area contributed by atoms with Crippen molar-refractivity contribution in [1.29, 1.82) is 0 Å². The molecule has 0 saturated carbocycles. The second-order valence-corrected chi connectivity index (χ2v) is 9.48. The van der Waals surface area contributed by atoms with Crippen LogP contribution in [0, 0.1) is 0 Å². The average Bonchev–Trinajstić information content (AvgIpc) is 2.74. The second kappa shape index (κ2) is 11.6. The van der Waals surface area contributed by atoms with E-state index in [-0.39, 0.29) is 18.6 Å². The first kappa shape index (κ1) is 25.3. The second-order valence-electron chi connectivity index (χ2n) is 7.57. The van der Waals surface area contributed by atoms with Gasteiger partial charge in [-0.2, -0.15) is 0 Å². The molecule has 0 aliphatic carbocycles. The predicted molar refractivity (Wildman–Crippen MR) is 125 cm³/mol. The summed E-state index contributed by atoms with van der Waals surface area (Å²) in [6.45, 7) is 4.07. The van der Waals surface area contributed by atoms with Crippen LogP contribution in [0.25, 0.3) is 0 Å². The highest BCUT2D eigenvalue weighted by Gasteiger charge is 2.22. The lowest BCUT2D eigenvalue weighted by Gasteiger charge is -2.23. The molecule has 0 aliphatic heterocycles. The van der Waals surface area contributed by atoms with Crippen LogP contribution in [-0.2, 0) is 21.2 Å². The van der Waals surface area contributed by atoms with Crippen molar-refractivity contribution in [2.75, 3.05) is 37.9 Å². The van der Waals surface area contributed by atoms with Crippen LogP contribution in [0.2, 0.25) is 0 Å². The highest BCUT2D eigenvalue weighted by molar-refractivity contribution is 7.92. The number of rotatable bonds is 12. The van der Waals surface area contributed by atoms with E-state index in [1.54, 1.807) is 12.1 Å². The van der Waals surface area contributed by atoms with Crippen molar-refractivity contribution in [2.24, 2.45) is 0 Å². The van der Waals surface area contributed by atoms with Gasteiger partial charge in [0.2, 0.25) is 15.9 Å². The highest BCUT2D eigenvalue weighted by Crippen LogP contribution is 2.32. The van der Waals surface area contributed by atoms with E-state index in [1.165, 1.54) is 20.3 Å². The zero-order valence-corrected chi connectivity index (χ0v) is 20.1. The Balaban J connectivity index is 1.91. The van der Waals surface area contributed by atoms with Crippen molar-refractivity contribution >= 4 is 21.6 Å². The lowest BCUT2D eigenvalue weighted by molar-refractivity contribution is -0.119. The number of nitrogens with zero attached hydrogens (tertiary/aromatic N) is 1. The van der Waals surface area contributed by atoms with E-state index < -0.39 is 10.0 Å². The summed E-state index contributed by atoms with van der Waals surface area (Å²) in [5.41, 5.74) is 1.46. The molecule has 2 rings (SSSR count). The standard InChI is InChI=1S/C23H32N2O6S/c1-17(2)31-20-11-8-18(9-12-20)7-6-14-24-23(26)16-25(32(5,27)28)19-10-13-21(29-3)22(15-19)30-4/h8-13,15,17H,6-7,14,16H2,1-5H3,(H,24,26). The molecule has 1 N–H and O–H groups in total. The molecular weight excluding hydrogens is 432 g/mol. The Hall–Kier alpha value is -2.94. The van der Waals surface area contributed by atoms with Gasteiger partial charge in [0.25, 0.3) is 0 Å². The van der Waals surface area contributed by atoms with Crippen LogP contribution < -0.4 is 23.8 Å².